The monoisotopic (exact) mass is 515 g/mol. The van der Waals surface area contributed by atoms with Crippen LogP contribution in [0.25, 0.3) is 11.1 Å². The number of rotatable bonds is 6. The van der Waals surface area contributed by atoms with Crippen LogP contribution in [-0.4, -0.2) is 26.3 Å². The predicted molar refractivity (Wildman–Crippen MR) is 134 cm³/mol. The smallest absolute Gasteiger partial charge is 0.409 e. The Morgan fingerprint density at radius 2 is 1.57 bits per heavy atom. The number of pyridine rings is 1. The van der Waals surface area contributed by atoms with Crippen LogP contribution >= 0.6 is 0 Å². The fraction of sp³-hybridized carbons (Fsp3) is 0. The van der Waals surface area contributed by atoms with Gasteiger partial charge >= 0.3 is 6.09 Å². The number of nitrogens with zero attached hydrogens (tertiary/aromatic N) is 2. The van der Waals surface area contributed by atoms with E-state index < -0.39 is 27.5 Å². The topological polar surface area (TPSA) is 156 Å². The molecule has 9 nitrogen and oxygen atoms in total. The van der Waals surface area contributed by atoms with Crippen molar-refractivity contribution >= 4 is 33.1 Å². The molecule has 4 rings (SSSR count). The lowest BCUT2D eigenvalue weighted by Gasteiger charge is -2.14. The second-order valence-corrected chi connectivity index (χ2v) is 9.81. The maximum Gasteiger partial charge on any atom is 0.409 e. The lowest BCUT2D eigenvalue weighted by atomic mass is 10.0. The molecule has 2 amide bonds. The molecule has 0 saturated heterocycles. The number of hydrogen-bond acceptors (Lipinski definition) is 6. The summed E-state index contributed by atoms with van der Waals surface area (Å²) in [6.07, 6.45) is 1.22. The first-order valence-corrected chi connectivity index (χ1v) is 12.2. The molecule has 4 N–H and O–H groups in total. The van der Waals surface area contributed by atoms with E-state index in [-0.39, 0.29) is 32.3 Å². The van der Waals surface area contributed by atoms with E-state index in [0.717, 1.165) is 0 Å². The minimum Gasteiger partial charge on any atom is -0.465 e. The molecule has 4 aromatic rings. The van der Waals surface area contributed by atoms with E-state index in [1.165, 1.54) is 60.9 Å². The molecule has 0 radical (unpaired) electrons. The number of anilines is 2. The molecule has 1 heterocycles. The van der Waals surface area contributed by atoms with E-state index in [9.17, 15) is 18.2 Å². The van der Waals surface area contributed by atoms with Gasteiger partial charge in [0.2, 0.25) is 0 Å². The quantitative estimate of drug-likeness (QED) is 0.263. The highest BCUT2D eigenvalue weighted by atomic mass is 32.2. The van der Waals surface area contributed by atoms with Gasteiger partial charge < -0.3 is 10.4 Å². The minimum atomic E-state index is -3.48. The summed E-state index contributed by atoms with van der Waals surface area (Å²) in [5.74, 6) is -0.989. The number of carbonyl (C=O) groups excluding carboxylic acids is 1. The molecule has 0 aliphatic rings. The molecule has 1 atom stereocenters. The van der Waals surface area contributed by atoms with Crippen LogP contribution < -0.4 is 10.6 Å². The van der Waals surface area contributed by atoms with Crippen molar-refractivity contribution in [2.75, 3.05) is 10.6 Å². The van der Waals surface area contributed by atoms with Crippen LogP contribution in [0.5, 0.6) is 0 Å². The Balaban J connectivity index is 1.61. The van der Waals surface area contributed by atoms with E-state index in [1.807, 2.05) is 6.07 Å². The number of halogens is 1. The van der Waals surface area contributed by atoms with Gasteiger partial charge in [0, 0.05) is 18.0 Å². The second-order valence-electron chi connectivity index (χ2n) is 7.75. The first-order chi connectivity index (χ1) is 17.7. The minimum absolute atomic E-state index is 0.0609. The number of carbonyl (C=O) groups is 2. The van der Waals surface area contributed by atoms with Crippen molar-refractivity contribution in [1.82, 2.24) is 4.98 Å². The van der Waals surface area contributed by atoms with Crippen LogP contribution in [0.3, 0.4) is 0 Å². The van der Waals surface area contributed by atoms with Gasteiger partial charge in [-0.1, -0.05) is 18.2 Å². The third-order valence-electron chi connectivity index (χ3n) is 5.31. The first kappa shape index (κ1) is 25.0. The van der Waals surface area contributed by atoms with Crippen molar-refractivity contribution in [3.63, 3.8) is 0 Å². The number of aromatic nitrogens is 1. The van der Waals surface area contributed by atoms with E-state index >= 15 is 0 Å². The van der Waals surface area contributed by atoms with Gasteiger partial charge in [-0.05, 0) is 65.7 Å². The van der Waals surface area contributed by atoms with E-state index in [0.29, 0.717) is 11.1 Å². The summed E-state index contributed by atoms with van der Waals surface area (Å²) in [6, 6.07) is 19.1. The molecule has 0 fully saturated rings. The van der Waals surface area contributed by atoms with Gasteiger partial charge in [-0.25, -0.2) is 18.2 Å². The Morgan fingerprint density at radius 1 is 0.892 bits per heavy atom. The van der Waals surface area contributed by atoms with Crippen molar-refractivity contribution in [3.8, 4) is 17.2 Å². The molecule has 184 valence electrons. The zero-order valence-corrected chi connectivity index (χ0v) is 19.8. The lowest BCUT2D eigenvalue weighted by molar-refractivity contribution is 0.102. The number of nitrogens with one attached hydrogen (secondary N) is 3. The summed E-state index contributed by atoms with van der Waals surface area (Å²) in [7, 11) is -3.48. The van der Waals surface area contributed by atoms with Crippen LogP contribution in [0.15, 0.2) is 95.0 Å². The molecule has 1 aromatic heterocycles. The molecular formula is C26H18FN5O4S. The Hall–Kier alpha value is -5.08. The van der Waals surface area contributed by atoms with Gasteiger partial charge in [-0.2, -0.15) is 5.26 Å². The second kappa shape index (κ2) is 10.3. The third-order valence-corrected chi connectivity index (χ3v) is 7.13. The zero-order chi connectivity index (χ0) is 26.6. The van der Waals surface area contributed by atoms with Crippen LogP contribution in [0.1, 0.15) is 15.9 Å². The molecule has 0 saturated carbocycles. The van der Waals surface area contributed by atoms with Gasteiger partial charge in [0.1, 0.15) is 21.6 Å². The van der Waals surface area contributed by atoms with Gasteiger partial charge in [0.05, 0.1) is 26.7 Å². The van der Waals surface area contributed by atoms with Gasteiger partial charge in [-0.3, -0.25) is 15.1 Å². The number of amides is 2. The van der Waals surface area contributed by atoms with Crippen LogP contribution in [0, 0.1) is 21.9 Å². The maximum atomic E-state index is 13.3. The molecular weight excluding hydrogens is 497 g/mol. The van der Waals surface area contributed by atoms with E-state index in [2.05, 4.69) is 15.6 Å². The highest BCUT2D eigenvalue weighted by Crippen LogP contribution is 2.30. The average Bonchev–Trinajstić information content (AvgIpc) is 2.90. The molecule has 0 bridgehead atoms. The molecule has 37 heavy (non-hydrogen) atoms. The third kappa shape index (κ3) is 5.61. The van der Waals surface area contributed by atoms with Gasteiger partial charge in [0.15, 0.2) is 0 Å². The zero-order valence-electron chi connectivity index (χ0n) is 18.9. The fourth-order valence-electron chi connectivity index (χ4n) is 3.46. The number of carboxylic acid groups (broad SMARTS) is 1. The number of hydrogen-bond donors (Lipinski definition) is 4. The maximum absolute atomic E-state index is 13.3. The average molecular weight is 516 g/mol. The Morgan fingerprint density at radius 3 is 2.22 bits per heavy atom. The Labute approximate surface area is 211 Å². The van der Waals surface area contributed by atoms with E-state index in [1.54, 1.807) is 24.3 Å². The number of benzene rings is 3. The molecule has 0 spiro atoms. The largest absolute Gasteiger partial charge is 0.465 e. The summed E-state index contributed by atoms with van der Waals surface area (Å²) < 4.78 is 34.7. The first-order valence-electron chi connectivity index (χ1n) is 10.6. The molecule has 0 aliphatic carbocycles. The van der Waals surface area contributed by atoms with Crippen molar-refractivity contribution in [2.24, 2.45) is 0 Å². The standard InChI is InChI=1S/C26H18FN5O4S/c27-20-6-1-17(2-7-20)19-5-10-23(32-26(34)35)24(12-19)31-25(33)18-3-8-21(9-4-18)37(29,36)22-11-16(13-28)14-30-15-22/h1-12,14-15,29,32H,(H,31,33)(H,34,35). The van der Waals surface area contributed by atoms with Crippen LogP contribution in [0.4, 0.5) is 20.6 Å². The lowest BCUT2D eigenvalue weighted by Crippen LogP contribution is -2.15. The van der Waals surface area contributed by atoms with Gasteiger partial charge in [-0.15, -0.1) is 0 Å². The van der Waals surface area contributed by atoms with Crippen molar-refractivity contribution in [3.05, 3.63) is 102 Å². The Kier molecular flexibility index (Phi) is 6.95. The summed E-state index contributed by atoms with van der Waals surface area (Å²) in [5.41, 5.74) is 1.90. The van der Waals surface area contributed by atoms with Crippen molar-refractivity contribution < 1.29 is 23.3 Å². The summed E-state index contributed by atoms with van der Waals surface area (Å²) >= 11 is 0. The molecule has 0 aliphatic heterocycles. The normalized spacial score (nSPS) is 12.1. The highest BCUT2D eigenvalue weighted by molar-refractivity contribution is 7.92. The van der Waals surface area contributed by atoms with Gasteiger partial charge in [0.25, 0.3) is 5.91 Å². The van der Waals surface area contributed by atoms with Crippen LogP contribution in [0.2, 0.25) is 0 Å². The Bertz CT molecular complexity index is 1650. The van der Waals surface area contributed by atoms with Crippen LogP contribution in [-0.2, 0) is 9.73 Å². The summed E-state index contributed by atoms with van der Waals surface area (Å²) in [5, 5.41) is 23.1. The fourth-order valence-corrected chi connectivity index (χ4v) is 4.75. The highest BCUT2D eigenvalue weighted by Gasteiger charge is 2.17. The SMILES string of the molecule is N#Cc1cncc(S(=N)(=O)c2ccc(C(=O)Nc3cc(-c4ccc(F)cc4)ccc3NC(=O)O)cc2)c1. The predicted octanol–water partition coefficient (Wildman–Crippen LogP) is 5.57. The molecule has 11 heteroatoms. The van der Waals surface area contributed by atoms with Crippen molar-refractivity contribution in [2.45, 2.75) is 9.79 Å². The number of nitriles is 1. The molecule has 3 aromatic carbocycles. The summed E-state index contributed by atoms with van der Waals surface area (Å²) in [4.78, 5) is 28.2. The molecule has 1 unspecified atom stereocenters. The van der Waals surface area contributed by atoms with Crippen molar-refractivity contribution in [1.29, 1.82) is 10.0 Å². The van der Waals surface area contributed by atoms with E-state index in [4.69, 9.17) is 15.1 Å². The summed E-state index contributed by atoms with van der Waals surface area (Å²) in [6.45, 7) is 0.